The highest BCUT2D eigenvalue weighted by atomic mass is 32.2. The van der Waals surface area contributed by atoms with Gasteiger partial charge in [0.15, 0.2) is 0 Å². The molecule has 1 aliphatic carbocycles. The summed E-state index contributed by atoms with van der Waals surface area (Å²) in [7, 11) is 0. The Hall–Kier alpha value is -2.15. The number of hydrogen-bond acceptors (Lipinski definition) is 9. The van der Waals surface area contributed by atoms with Crippen molar-refractivity contribution in [2.45, 2.75) is 69.6 Å². The van der Waals surface area contributed by atoms with E-state index in [1.54, 1.807) is 0 Å². The Balaban J connectivity index is 1.35. The molecule has 1 fully saturated rings. The zero-order chi connectivity index (χ0) is 28.1. The van der Waals surface area contributed by atoms with E-state index in [1.807, 2.05) is 6.92 Å². The average molecular weight is 572 g/mol. The van der Waals surface area contributed by atoms with Gasteiger partial charge in [0.25, 0.3) is 0 Å². The van der Waals surface area contributed by atoms with Gasteiger partial charge in [0.05, 0.1) is 44.9 Å². The van der Waals surface area contributed by atoms with Crippen LogP contribution in [0.15, 0.2) is 12.2 Å². The monoisotopic (exact) mass is 571 g/mol. The number of carbonyl (C=O) groups is 4. The molecule has 1 heterocycles. The van der Waals surface area contributed by atoms with Gasteiger partial charge in [-0.25, -0.2) is 4.79 Å². The first-order valence-electron chi connectivity index (χ1n) is 14.1. The minimum atomic E-state index is -0.398. The number of ether oxygens (including phenoxy) is 4. The second-order valence-electron chi connectivity index (χ2n) is 9.32. The minimum Gasteiger partial charge on any atom is -0.446 e. The van der Waals surface area contributed by atoms with Crippen LogP contribution in [-0.4, -0.2) is 105 Å². The van der Waals surface area contributed by atoms with Crippen LogP contribution in [0.25, 0.3) is 0 Å². The van der Waals surface area contributed by atoms with E-state index in [-0.39, 0.29) is 48.5 Å². The Kier molecular flexibility index (Phi) is 17.6. The highest BCUT2D eigenvalue weighted by molar-refractivity contribution is 8.00. The predicted octanol–water partition coefficient (Wildman–Crippen LogP) is 2.43. The van der Waals surface area contributed by atoms with Gasteiger partial charge in [-0.1, -0.05) is 19.1 Å². The van der Waals surface area contributed by atoms with Crippen molar-refractivity contribution in [2.24, 2.45) is 0 Å². The van der Waals surface area contributed by atoms with Crippen molar-refractivity contribution in [3.8, 4) is 0 Å². The smallest absolute Gasteiger partial charge is 0.407 e. The summed E-state index contributed by atoms with van der Waals surface area (Å²) in [5.41, 5.74) is 0. The van der Waals surface area contributed by atoms with Crippen molar-refractivity contribution in [3.63, 3.8) is 0 Å². The summed E-state index contributed by atoms with van der Waals surface area (Å²) in [6.45, 7) is 5.17. The number of rotatable bonds is 19. The van der Waals surface area contributed by atoms with E-state index in [1.165, 1.54) is 16.7 Å². The molecular weight excluding hydrogens is 526 g/mol. The van der Waals surface area contributed by atoms with E-state index >= 15 is 0 Å². The van der Waals surface area contributed by atoms with Crippen LogP contribution in [0, 0.1) is 0 Å². The first-order chi connectivity index (χ1) is 19.0. The molecule has 39 heavy (non-hydrogen) atoms. The van der Waals surface area contributed by atoms with E-state index in [2.05, 4.69) is 22.8 Å². The molecule has 2 rings (SSSR count). The van der Waals surface area contributed by atoms with Crippen LogP contribution in [-0.2, 0) is 33.3 Å². The Morgan fingerprint density at radius 2 is 1.62 bits per heavy atom. The summed E-state index contributed by atoms with van der Waals surface area (Å²) < 4.78 is 21.8. The van der Waals surface area contributed by atoms with Crippen molar-refractivity contribution in [2.75, 3.05) is 65.0 Å². The standard InChI is InChI=1S/C27H45N3O8S/c1-2-20-39-23-21-25(32)30(26(23)33)13-10-24(31)28-11-14-35-16-18-37-19-17-36-15-12-29-27(34)38-22-8-6-4-3-5-7-9-22/h3-4,22-23H,2,5-21H2,1H3,(H,28,31)(H,29,34)/b4-3+. The molecule has 4 amide bonds. The molecule has 0 saturated carbocycles. The first-order valence-corrected chi connectivity index (χ1v) is 15.1. The highest BCUT2D eigenvalue weighted by Gasteiger charge is 2.38. The molecule has 2 aliphatic rings. The van der Waals surface area contributed by atoms with E-state index < -0.39 is 6.09 Å². The summed E-state index contributed by atoms with van der Waals surface area (Å²) in [5.74, 6) is 0.227. The van der Waals surface area contributed by atoms with Crippen LogP contribution in [0.4, 0.5) is 4.79 Å². The number of thioether (sulfide) groups is 1. The second kappa shape index (κ2) is 20.7. The third-order valence-electron chi connectivity index (χ3n) is 6.11. The van der Waals surface area contributed by atoms with Gasteiger partial charge in [-0.2, -0.15) is 0 Å². The largest absolute Gasteiger partial charge is 0.446 e. The van der Waals surface area contributed by atoms with Crippen LogP contribution in [0.3, 0.4) is 0 Å². The SMILES string of the molecule is CCCSC1CC(=O)N(CCC(=O)NCCOCCOCCOCCNC(=O)OC2CC/C=C/CCC2)C1=O. The maximum atomic E-state index is 12.3. The van der Waals surface area contributed by atoms with Gasteiger partial charge >= 0.3 is 6.09 Å². The van der Waals surface area contributed by atoms with Gasteiger partial charge in [-0.15, -0.1) is 11.8 Å². The first kappa shape index (κ1) is 33.1. The molecule has 2 N–H and O–H groups in total. The number of nitrogens with one attached hydrogen (secondary N) is 2. The zero-order valence-electron chi connectivity index (χ0n) is 23.2. The number of carbonyl (C=O) groups excluding carboxylic acids is 4. The minimum absolute atomic E-state index is 0.0240. The molecule has 1 saturated heterocycles. The lowest BCUT2D eigenvalue weighted by atomic mass is 10.0. The second-order valence-corrected chi connectivity index (χ2v) is 10.6. The van der Waals surface area contributed by atoms with Gasteiger partial charge < -0.3 is 29.6 Å². The van der Waals surface area contributed by atoms with E-state index in [0.29, 0.717) is 52.7 Å². The lowest BCUT2D eigenvalue weighted by Gasteiger charge is -2.18. The molecule has 1 aliphatic heterocycles. The molecule has 0 radical (unpaired) electrons. The molecule has 2 atom stereocenters. The third kappa shape index (κ3) is 14.7. The summed E-state index contributed by atoms with van der Waals surface area (Å²) in [6.07, 6.45) is 9.93. The van der Waals surface area contributed by atoms with Crippen LogP contribution in [0.5, 0.6) is 0 Å². The Morgan fingerprint density at radius 1 is 0.949 bits per heavy atom. The molecule has 0 spiro atoms. The molecule has 0 bridgehead atoms. The molecule has 0 aromatic heterocycles. The van der Waals surface area contributed by atoms with Crippen molar-refractivity contribution >= 4 is 35.6 Å². The number of allylic oxidation sites excluding steroid dienone is 2. The van der Waals surface area contributed by atoms with Gasteiger partial charge in [0.2, 0.25) is 17.7 Å². The lowest BCUT2D eigenvalue weighted by Crippen LogP contribution is -2.36. The fourth-order valence-corrected chi connectivity index (χ4v) is 5.10. The average Bonchev–Trinajstić information content (AvgIpc) is 3.17. The van der Waals surface area contributed by atoms with Crippen LogP contribution >= 0.6 is 11.8 Å². The molecule has 2 unspecified atom stereocenters. The lowest BCUT2D eigenvalue weighted by molar-refractivity contribution is -0.138. The van der Waals surface area contributed by atoms with E-state index in [4.69, 9.17) is 18.9 Å². The van der Waals surface area contributed by atoms with Crippen molar-refractivity contribution in [1.29, 1.82) is 0 Å². The van der Waals surface area contributed by atoms with Crippen LogP contribution < -0.4 is 10.6 Å². The number of alkyl carbamates (subject to hydrolysis) is 1. The Labute approximate surface area is 236 Å². The Bertz CT molecular complexity index is 782. The molecular formula is C27H45N3O8S. The number of hydrogen-bond donors (Lipinski definition) is 2. The number of nitrogens with zero attached hydrogens (tertiary/aromatic N) is 1. The van der Waals surface area contributed by atoms with Gasteiger partial charge in [-0.05, 0) is 44.3 Å². The predicted molar refractivity (Wildman–Crippen MR) is 148 cm³/mol. The maximum absolute atomic E-state index is 12.3. The maximum Gasteiger partial charge on any atom is 0.407 e. The topological polar surface area (TPSA) is 133 Å². The number of imide groups is 1. The highest BCUT2D eigenvalue weighted by Crippen LogP contribution is 2.25. The normalized spacial score (nSPS) is 20.4. The van der Waals surface area contributed by atoms with Crippen molar-refractivity contribution < 1.29 is 38.1 Å². The molecule has 11 nitrogen and oxygen atoms in total. The van der Waals surface area contributed by atoms with E-state index in [9.17, 15) is 19.2 Å². The summed E-state index contributed by atoms with van der Waals surface area (Å²) >= 11 is 1.51. The summed E-state index contributed by atoms with van der Waals surface area (Å²) in [6, 6.07) is 0. The summed E-state index contributed by atoms with van der Waals surface area (Å²) in [4.78, 5) is 49.4. The fourth-order valence-electron chi connectivity index (χ4n) is 4.05. The van der Waals surface area contributed by atoms with Crippen molar-refractivity contribution in [1.82, 2.24) is 15.5 Å². The fraction of sp³-hybridized carbons (Fsp3) is 0.778. The third-order valence-corrected chi connectivity index (χ3v) is 7.52. The zero-order valence-corrected chi connectivity index (χ0v) is 24.0. The van der Waals surface area contributed by atoms with E-state index in [0.717, 1.165) is 44.3 Å². The summed E-state index contributed by atoms with van der Waals surface area (Å²) in [5, 5.41) is 5.13. The molecule has 222 valence electrons. The molecule has 0 aromatic carbocycles. The number of amides is 4. The molecule has 12 heteroatoms. The van der Waals surface area contributed by atoms with Crippen LogP contribution in [0.1, 0.15) is 58.3 Å². The van der Waals surface area contributed by atoms with Gasteiger partial charge in [-0.3, -0.25) is 19.3 Å². The Morgan fingerprint density at radius 3 is 2.33 bits per heavy atom. The molecule has 0 aromatic rings. The van der Waals surface area contributed by atoms with Crippen molar-refractivity contribution in [3.05, 3.63) is 12.2 Å². The quantitative estimate of drug-likeness (QED) is 0.136. The number of likely N-dealkylation sites (tertiary alicyclic amines) is 1. The van der Waals surface area contributed by atoms with Crippen LogP contribution in [0.2, 0.25) is 0 Å². The van der Waals surface area contributed by atoms with Gasteiger partial charge in [0, 0.05) is 32.5 Å². The van der Waals surface area contributed by atoms with Gasteiger partial charge in [0.1, 0.15) is 6.10 Å².